The van der Waals surface area contributed by atoms with Gasteiger partial charge < -0.3 is 5.11 Å². The van der Waals surface area contributed by atoms with Crippen LogP contribution in [0.15, 0.2) is 0 Å². The van der Waals surface area contributed by atoms with E-state index in [1.807, 2.05) is 0 Å². The molecule has 0 heterocycles. The number of carboxylic acid groups (broad SMARTS) is 1. The third-order valence-electron chi connectivity index (χ3n) is 7.20. The van der Waals surface area contributed by atoms with Crippen molar-refractivity contribution in [1.82, 2.24) is 0 Å². The quantitative estimate of drug-likeness (QED) is 0.109. The third-order valence-corrected chi connectivity index (χ3v) is 7.20. The first kappa shape index (κ1) is 36.6. The monoisotopic (exact) mass is 497 g/mol. The van der Waals surface area contributed by atoms with Crippen LogP contribution in [0.1, 0.15) is 207 Å². The first-order valence-electron chi connectivity index (χ1n) is 16.4. The SMILES string of the molecule is CCCCCCCCCCC.CCCCCCCCCCCCCCCCCCCCCC(=O)O. The van der Waals surface area contributed by atoms with E-state index in [0.717, 1.165) is 12.8 Å². The first-order chi connectivity index (χ1) is 17.2. The van der Waals surface area contributed by atoms with Gasteiger partial charge in [-0.25, -0.2) is 0 Å². The number of hydrogen-bond acceptors (Lipinski definition) is 1. The highest BCUT2D eigenvalue weighted by atomic mass is 16.4. The summed E-state index contributed by atoms with van der Waals surface area (Å²) in [6.45, 7) is 6.83. The number of hydrogen-bond donors (Lipinski definition) is 1. The summed E-state index contributed by atoms with van der Waals surface area (Å²) in [6.07, 6.45) is 39.0. The molecule has 0 atom stereocenters. The van der Waals surface area contributed by atoms with Crippen molar-refractivity contribution in [3.63, 3.8) is 0 Å². The fourth-order valence-electron chi connectivity index (χ4n) is 4.74. The molecular formula is C33H68O2. The summed E-state index contributed by atoms with van der Waals surface area (Å²) in [7, 11) is 0. The molecule has 0 aromatic rings. The minimum Gasteiger partial charge on any atom is -0.481 e. The molecule has 0 fully saturated rings. The van der Waals surface area contributed by atoms with Crippen molar-refractivity contribution < 1.29 is 9.90 Å². The van der Waals surface area contributed by atoms with Gasteiger partial charge in [0.05, 0.1) is 0 Å². The summed E-state index contributed by atoms with van der Waals surface area (Å²) >= 11 is 0. The molecule has 0 amide bonds. The topological polar surface area (TPSA) is 37.3 Å². The lowest BCUT2D eigenvalue weighted by Crippen LogP contribution is -1.93. The van der Waals surface area contributed by atoms with Gasteiger partial charge in [0, 0.05) is 6.42 Å². The van der Waals surface area contributed by atoms with Crippen LogP contribution in [-0.4, -0.2) is 11.1 Å². The van der Waals surface area contributed by atoms with Crippen LogP contribution < -0.4 is 0 Å². The predicted octanol–water partition coefficient (Wildman–Crippen LogP) is 12.4. The van der Waals surface area contributed by atoms with Crippen LogP contribution >= 0.6 is 0 Å². The van der Waals surface area contributed by atoms with Crippen molar-refractivity contribution in [1.29, 1.82) is 0 Å². The predicted molar refractivity (Wildman–Crippen MR) is 159 cm³/mol. The maximum atomic E-state index is 10.4. The molecule has 0 spiro atoms. The normalized spacial score (nSPS) is 10.8. The second-order valence-corrected chi connectivity index (χ2v) is 11.0. The van der Waals surface area contributed by atoms with E-state index in [0.29, 0.717) is 6.42 Å². The molecular weight excluding hydrogens is 428 g/mol. The Balaban J connectivity index is 0. The summed E-state index contributed by atoms with van der Waals surface area (Å²) < 4.78 is 0. The average Bonchev–Trinajstić information content (AvgIpc) is 2.85. The van der Waals surface area contributed by atoms with Crippen molar-refractivity contribution in [2.24, 2.45) is 0 Å². The van der Waals surface area contributed by atoms with E-state index in [-0.39, 0.29) is 0 Å². The minimum absolute atomic E-state index is 0.346. The summed E-state index contributed by atoms with van der Waals surface area (Å²) in [4.78, 5) is 10.4. The first-order valence-corrected chi connectivity index (χ1v) is 16.4. The van der Waals surface area contributed by atoms with Crippen LogP contribution in [0.2, 0.25) is 0 Å². The molecule has 0 rings (SSSR count). The van der Waals surface area contributed by atoms with Crippen molar-refractivity contribution in [3.8, 4) is 0 Å². The molecule has 2 nitrogen and oxygen atoms in total. The Labute approximate surface area is 222 Å². The number of rotatable bonds is 28. The molecule has 212 valence electrons. The zero-order valence-electron chi connectivity index (χ0n) is 24.9. The number of aliphatic carboxylic acids is 1. The maximum absolute atomic E-state index is 10.4. The molecule has 0 saturated carbocycles. The molecule has 0 aliphatic rings. The molecule has 0 bridgehead atoms. The lowest BCUT2D eigenvalue weighted by molar-refractivity contribution is -0.137. The number of unbranched alkanes of at least 4 members (excludes halogenated alkanes) is 26. The molecule has 0 aliphatic heterocycles. The van der Waals surface area contributed by atoms with Crippen LogP contribution in [0.3, 0.4) is 0 Å². The fraction of sp³-hybridized carbons (Fsp3) is 0.970. The standard InChI is InChI=1S/C22H44O2.C11H24/c1-2-3-4-5-6-7-8-9-10-11-12-13-14-15-16-17-18-19-20-21-22(23)24;1-3-5-7-9-11-10-8-6-4-2/h2-21H2,1H3,(H,23,24);3-11H2,1-2H3. The highest BCUT2D eigenvalue weighted by molar-refractivity contribution is 5.66. The smallest absolute Gasteiger partial charge is 0.303 e. The van der Waals surface area contributed by atoms with E-state index in [9.17, 15) is 4.79 Å². The van der Waals surface area contributed by atoms with Crippen LogP contribution in [0.25, 0.3) is 0 Å². The van der Waals surface area contributed by atoms with Crippen molar-refractivity contribution in [2.75, 3.05) is 0 Å². The van der Waals surface area contributed by atoms with Crippen molar-refractivity contribution >= 4 is 5.97 Å². The van der Waals surface area contributed by atoms with Gasteiger partial charge in [-0.05, 0) is 6.42 Å². The Bertz CT molecular complexity index is 358. The van der Waals surface area contributed by atoms with Gasteiger partial charge in [-0.2, -0.15) is 0 Å². The van der Waals surface area contributed by atoms with Crippen LogP contribution in [-0.2, 0) is 4.79 Å². The van der Waals surface area contributed by atoms with Crippen molar-refractivity contribution in [3.05, 3.63) is 0 Å². The second-order valence-electron chi connectivity index (χ2n) is 11.0. The second kappa shape index (κ2) is 35.6. The Morgan fingerprint density at radius 2 is 0.514 bits per heavy atom. The molecule has 35 heavy (non-hydrogen) atoms. The van der Waals surface area contributed by atoms with Gasteiger partial charge in [-0.15, -0.1) is 0 Å². The van der Waals surface area contributed by atoms with E-state index in [1.54, 1.807) is 0 Å². The van der Waals surface area contributed by atoms with Crippen LogP contribution in [0, 0.1) is 0 Å². The van der Waals surface area contributed by atoms with Gasteiger partial charge in [-0.3, -0.25) is 4.79 Å². The van der Waals surface area contributed by atoms with Gasteiger partial charge in [0.1, 0.15) is 0 Å². The summed E-state index contributed by atoms with van der Waals surface area (Å²) in [6, 6.07) is 0. The summed E-state index contributed by atoms with van der Waals surface area (Å²) in [5.74, 6) is -0.651. The number of carbonyl (C=O) groups is 1. The lowest BCUT2D eigenvalue weighted by Gasteiger charge is -2.03. The van der Waals surface area contributed by atoms with Gasteiger partial charge >= 0.3 is 5.97 Å². The lowest BCUT2D eigenvalue weighted by atomic mass is 10.0. The van der Waals surface area contributed by atoms with E-state index in [4.69, 9.17) is 5.11 Å². The summed E-state index contributed by atoms with van der Waals surface area (Å²) in [5, 5.41) is 8.56. The van der Waals surface area contributed by atoms with Gasteiger partial charge in [-0.1, -0.05) is 194 Å². The van der Waals surface area contributed by atoms with Gasteiger partial charge in [0.15, 0.2) is 0 Å². The molecule has 0 aliphatic carbocycles. The minimum atomic E-state index is -0.651. The average molecular weight is 497 g/mol. The Hall–Kier alpha value is -0.530. The largest absolute Gasteiger partial charge is 0.481 e. The molecule has 2 heteroatoms. The zero-order valence-corrected chi connectivity index (χ0v) is 24.9. The van der Waals surface area contributed by atoms with Crippen molar-refractivity contribution in [2.45, 2.75) is 207 Å². The summed E-state index contributed by atoms with van der Waals surface area (Å²) in [5.41, 5.74) is 0. The van der Waals surface area contributed by atoms with Gasteiger partial charge in [0.25, 0.3) is 0 Å². The van der Waals surface area contributed by atoms with E-state index >= 15 is 0 Å². The van der Waals surface area contributed by atoms with E-state index < -0.39 is 5.97 Å². The zero-order chi connectivity index (χ0) is 26.1. The Kier molecular flexibility index (Phi) is 37.3. The molecule has 0 aromatic carbocycles. The molecule has 0 aromatic heterocycles. The fourth-order valence-corrected chi connectivity index (χ4v) is 4.74. The van der Waals surface area contributed by atoms with Gasteiger partial charge in [0.2, 0.25) is 0 Å². The van der Waals surface area contributed by atoms with E-state index in [2.05, 4.69) is 20.8 Å². The van der Waals surface area contributed by atoms with E-state index in [1.165, 1.54) is 167 Å². The highest BCUT2D eigenvalue weighted by Crippen LogP contribution is 2.15. The Morgan fingerprint density at radius 3 is 0.686 bits per heavy atom. The van der Waals surface area contributed by atoms with Crippen LogP contribution in [0.5, 0.6) is 0 Å². The Morgan fingerprint density at radius 1 is 0.343 bits per heavy atom. The molecule has 0 unspecified atom stereocenters. The third kappa shape index (κ3) is 40.9. The van der Waals surface area contributed by atoms with Crippen LogP contribution in [0.4, 0.5) is 0 Å². The molecule has 0 radical (unpaired) electrons. The highest BCUT2D eigenvalue weighted by Gasteiger charge is 1.97. The molecule has 1 N–H and O–H groups in total. The maximum Gasteiger partial charge on any atom is 0.303 e. The number of carboxylic acids is 1. The molecule has 0 saturated heterocycles.